The summed E-state index contributed by atoms with van der Waals surface area (Å²) in [5, 5.41) is 9.15. The average Bonchev–Trinajstić information content (AvgIpc) is 2.53. The van der Waals surface area contributed by atoms with Gasteiger partial charge in [0.2, 0.25) is 5.91 Å². The van der Waals surface area contributed by atoms with E-state index in [2.05, 4.69) is 6.07 Å². The van der Waals surface area contributed by atoms with Crippen LogP contribution < -0.4 is 10.6 Å². The first-order valence-electron chi connectivity index (χ1n) is 7.15. The smallest absolute Gasteiger partial charge is 0.230 e. The molecule has 0 aromatic heterocycles. The van der Waals surface area contributed by atoms with Gasteiger partial charge in [-0.25, -0.2) is 0 Å². The van der Waals surface area contributed by atoms with Crippen LogP contribution in [-0.2, 0) is 4.79 Å². The lowest BCUT2D eigenvalue weighted by Gasteiger charge is -2.32. The predicted octanol–water partition coefficient (Wildman–Crippen LogP) is 2.29. The third kappa shape index (κ3) is 2.83. The van der Waals surface area contributed by atoms with Crippen molar-refractivity contribution >= 4 is 11.6 Å². The lowest BCUT2D eigenvalue weighted by Crippen LogP contribution is -2.40. The Kier molecular flexibility index (Phi) is 4.75. The molecule has 0 aliphatic heterocycles. The van der Waals surface area contributed by atoms with Crippen LogP contribution in [0.5, 0.6) is 0 Å². The Bertz CT molecular complexity index is 521. The number of carbonyl (C=O) groups excluding carboxylic acids is 1. The number of nitriles is 1. The molecule has 2 atom stereocenters. The van der Waals surface area contributed by atoms with Crippen molar-refractivity contribution in [2.45, 2.75) is 25.7 Å². The number of hydrogen-bond acceptors (Lipinski definition) is 3. The van der Waals surface area contributed by atoms with Crippen LogP contribution in [0.1, 0.15) is 31.2 Å². The lowest BCUT2D eigenvalue weighted by atomic mass is 9.78. The van der Waals surface area contributed by atoms with Gasteiger partial charge in [0.15, 0.2) is 0 Å². The Labute approximate surface area is 120 Å². The maximum Gasteiger partial charge on any atom is 0.230 e. The molecule has 0 bridgehead atoms. The summed E-state index contributed by atoms with van der Waals surface area (Å²) in [5.41, 5.74) is 7.02. The molecular weight excluding hydrogens is 250 g/mol. The molecule has 4 heteroatoms. The van der Waals surface area contributed by atoms with E-state index in [1.807, 2.05) is 18.2 Å². The van der Waals surface area contributed by atoms with Gasteiger partial charge in [-0.2, -0.15) is 5.26 Å². The van der Waals surface area contributed by atoms with Crippen molar-refractivity contribution in [3.8, 4) is 6.07 Å². The highest BCUT2D eigenvalue weighted by molar-refractivity contribution is 5.96. The van der Waals surface area contributed by atoms with Crippen molar-refractivity contribution in [3.05, 3.63) is 29.8 Å². The quantitative estimate of drug-likeness (QED) is 0.917. The monoisotopic (exact) mass is 271 g/mol. The number of benzene rings is 1. The third-order valence-electron chi connectivity index (χ3n) is 4.25. The van der Waals surface area contributed by atoms with Crippen molar-refractivity contribution in [1.82, 2.24) is 0 Å². The molecular formula is C16H21N3O. The molecule has 1 fully saturated rings. The Morgan fingerprint density at radius 1 is 1.40 bits per heavy atom. The molecule has 4 nitrogen and oxygen atoms in total. The molecule has 1 saturated carbocycles. The number of nitrogens with zero attached hydrogens (tertiary/aromatic N) is 2. The topological polar surface area (TPSA) is 70.1 Å². The molecule has 1 amide bonds. The zero-order valence-electron chi connectivity index (χ0n) is 11.9. The van der Waals surface area contributed by atoms with E-state index in [0.29, 0.717) is 17.8 Å². The summed E-state index contributed by atoms with van der Waals surface area (Å²) in [5.74, 6) is 0.348. The molecule has 0 spiro atoms. The molecule has 106 valence electrons. The van der Waals surface area contributed by atoms with Crippen molar-refractivity contribution in [2.24, 2.45) is 17.6 Å². The maximum absolute atomic E-state index is 12.7. The zero-order chi connectivity index (χ0) is 14.5. The summed E-state index contributed by atoms with van der Waals surface area (Å²) in [6, 6.07) is 9.35. The van der Waals surface area contributed by atoms with Crippen LogP contribution in [0, 0.1) is 23.2 Å². The van der Waals surface area contributed by atoms with E-state index >= 15 is 0 Å². The van der Waals surface area contributed by atoms with Gasteiger partial charge in [0.1, 0.15) is 6.07 Å². The van der Waals surface area contributed by atoms with E-state index in [1.54, 1.807) is 18.0 Å². The number of nitrogens with two attached hydrogens (primary N) is 1. The van der Waals surface area contributed by atoms with E-state index in [9.17, 15) is 4.79 Å². The molecule has 2 rings (SSSR count). The van der Waals surface area contributed by atoms with Crippen LogP contribution in [0.15, 0.2) is 24.3 Å². The Morgan fingerprint density at radius 3 is 2.80 bits per heavy atom. The van der Waals surface area contributed by atoms with E-state index in [0.717, 1.165) is 25.7 Å². The lowest BCUT2D eigenvalue weighted by molar-refractivity contribution is -0.124. The zero-order valence-corrected chi connectivity index (χ0v) is 11.9. The number of carbonyl (C=O) groups is 1. The SMILES string of the molecule is CN(C(=O)C1CCCCC1CN)c1ccccc1C#N. The highest BCUT2D eigenvalue weighted by Crippen LogP contribution is 2.32. The van der Waals surface area contributed by atoms with Crippen LogP contribution >= 0.6 is 0 Å². The number of amides is 1. The highest BCUT2D eigenvalue weighted by atomic mass is 16.2. The molecule has 1 aromatic carbocycles. The fourth-order valence-corrected chi connectivity index (χ4v) is 3.04. The van der Waals surface area contributed by atoms with Gasteiger partial charge in [0, 0.05) is 13.0 Å². The second kappa shape index (κ2) is 6.53. The van der Waals surface area contributed by atoms with E-state index in [1.165, 1.54) is 0 Å². The molecule has 20 heavy (non-hydrogen) atoms. The highest BCUT2D eigenvalue weighted by Gasteiger charge is 2.32. The Morgan fingerprint density at radius 2 is 2.10 bits per heavy atom. The van der Waals surface area contributed by atoms with Crippen LogP contribution in [0.2, 0.25) is 0 Å². The molecule has 0 radical (unpaired) electrons. The average molecular weight is 271 g/mol. The summed E-state index contributed by atoms with van der Waals surface area (Å²) in [6.07, 6.45) is 4.17. The summed E-state index contributed by atoms with van der Waals surface area (Å²) in [6.45, 7) is 0.560. The van der Waals surface area contributed by atoms with Crippen molar-refractivity contribution in [1.29, 1.82) is 5.26 Å². The molecule has 1 aliphatic carbocycles. The predicted molar refractivity (Wildman–Crippen MR) is 79.1 cm³/mol. The normalized spacial score (nSPS) is 22.1. The van der Waals surface area contributed by atoms with Crippen LogP contribution in [0.3, 0.4) is 0 Å². The number of anilines is 1. The van der Waals surface area contributed by atoms with E-state index < -0.39 is 0 Å². The molecule has 0 heterocycles. The summed E-state index contributed by atoms with van der Waals surface area (Å²) in [4.78, 5) is 14.3. The minimum absolute atomic E-state index is 0.00880. The molecule has 0 saturated heterocycles. The first kappa shape index (κ1) is 14.5. The fraction of sp³-hybridized carbons (Fsp3) is 0.500. The second-order valence-electron chi connectivity index (χ2n) is 5.41. The van der Waals surface area contributed by atoms with Gasteiger partial charge >= 0.3 is 0 Å². The van der Waals surface area contributed by atoms with Gasteiger partial charge in [-0.1, -0.05) is 25.0 Å². The largest absolute Gasteiger partial charge is 0.330 e. The Balaban J connectivity index is 2.21. The van der Waals surface area contributed by atoms with Gasteiger partial charge in [-0.05, 0) is 37.4 Å². The third-order valence-corrected chi connectivity index (χ3v) is 4.25. The van der Waals surface area contributed by atoms with Gasteiger partial charge in [0.05, 0.1) is 11.3 Å². The standard InChI is InChI=1S/C16H21N3O/c1-19(15-9-5-3-7-13(15)11-18)16(20)14-8-4-2-6-12(14)10-17/h3,5,7,9,12,14H,2,4,6,8,10,17H2,1H3. The van der Waals surface area contributed by atoms with Gasteiger partial charge in [-0.3, -0.25) is 4.79 Å². The van der Waals surface area contributed by atoms with E-state index in [-0.39, 0.29) is 17.7 Å². The molecule has 2 unspecified atom stereocenters. The van der Waals surface area contributed by atoms with Gasteiger partial charge in [-0.15, -0.1) is 0 Å². The first-order chi connectivity index (χ1) is 9.69. The minimum Gasteiger partial charge on any atom is -0.330 e. The summed E-state index contributed by atoms with van der Waals surface area (Å²) >= 11 is 0. The Hall–Kier alpha value is -1.86. The van der Waals surface area contributed by atoms with Crippen molar-refractivity contribution in [2.75, 3.05) is 18.5 Å². The van der Waals surface area contributed by atoms with Crippen LogP contribution in [-0.4, -0.2) is 19.5 Å². The van der Waals surface area contributed by atoms with E-state index in [4.69, 9.17) is 11.0 Å². The first-order valence-corrected chi connectivity index (χ1v) is 7.15. The minimum atomic E-state index is -0.00880. The van der Waals surface area contributed by atoms with Gasteiger partial charge < -0.3 is 10.6 Å². The van der Waals surface area contributed by atoms with Crippen LogP contribution in [0.4, 0.5) is 5.69 Å². The number of hydrogen-bond donors (Lipinski definition) is 1. The maximum atomic E-state index is 12.7. The summed E-state index contributed by atoms with van der Waals surface area (Å²) in [7, 11) is 1.75. The molecule has 1 aliphatic rings. The van der Waals surface area contributed by atoms with Gasteiger partial charge in [0.25, 0.3) is 0 Å². The van der Waals surface area contributed by atoms with Crippen molar-refractivity contribution < 1.29 is 4.79 Å². The number of rotatable bonds is 3. The molecule has 2 N–H and O–H groups in total. The fourth-order valence-electron chi connectivity index (χ4n) is 3.04. The number of para-hydroxylation sites is 1. The molecule has 1 aromatic rings. The summed E-state index contributed by atoms with van der Waals surface area (Å²) < 4.78 is 0. The van der Waals surface area contributed by atoms with Crippen LogP contribution in [0.25, 0.3) is 0 Å². The van der Waals surface area contributed by atoms with Crippen molar-refractivity contribution in [3.63, 3.8) is 0 Å². The second-order valence-corrected chi connectivity index (χ2v) is 5.41.